The van der Waals surface area contributed by atoms with E-state index in [0.29, 0.717) is 11.9 Å². The molecule has 0 aromatic heterocycles. The third-order valence-electron chi connectivity index (χ3n) is 8.43. The molecule has 0 aromatic rings. The van der Waals surface area contributed by atoms with Gasteiger partial charge in [-0.2, -0.15) is 0 Å². The molecule has 0 spiro atoms. The molecule has 1 saturated heterocycles. The number of likely N-dealkylation sites (tertiary alicyclic amines) is 1. The summed E-state index contributed by atoms with van der Waals surface area (Å²) in [6.45, 7) is 0.772. The van der Waals surface area contributed by atoms with Crippen LogP contribution in [0.1, 0.15) is 77.0 Å². The summed E-state index contributed by atoms with van der Waals surface area (Å²) in [5.41, 5.74) is 5.86. The van der Waals surface area contributed by atoms with Gasteiger partial charge in [0.2, 0.25) is 11.8 Å². The van der Waals surface area contributed by atoms with Crippen molar-refractivity contribution in [2.75, 3.05) is 6.54 Å². The number of carbonyl (C=O) groups excluding carboxylic acids is 2. The second-order valence-electron chi connectivity index (χ2n) is 10.5. The topological polar surface area (TPSA) is 75.4 Å². The van der Waals surface area contributed by atoms with Crippen LogP contribution in [-0.4, -0.2) is 41.4 Å². The zero-order valence-corrected chi connectivity index (χ0v) is 16.5. The minimum absolute atomic E-state index is 0.0889. The number of amides is 2. The highest BCUT2D eigenvalue weighted by molar-refractivity contribution is 5.91. The number of nitrogens with two attached hydrogens (primary N) is 1. The van der Waals surface area contributed by atoms with Crippen molar-refractivity contribution in [1.29, 1.82) is 0 Å². The molecule has 5 heteroatoms. The van der Waals surface area contributed by atoms with Crippen molar-refractivity contribution in [3.8, 4) is 0 Å². The SMILES string of the molecule is NC1CCC(NC(=O)C2CCCN2C(=O)C23CC4CC(CC(C4)C2)C3)CC1. The van der Waals surface area contributed by atoms with Crippen LogP contribution in [0.4, 0.5) is 0 Å². The zero-order chi connectivity index (χ0) is 18.6. The van der Waals surface area contributed by atoms with Crippen LogP contribution >= 0.6 is 0 Å². The van der Waals surface area contributed by atoms with E-state index >= 15 is 0 Å². The number of nitrogens with zero attached hydrogens (tertiary/aromatic N) is 1. The second kappa shape index (κ2) is 6.75. The maximum atomic E-state index is 13.7. The Morgan fingerprint density at radius 2 is 1.48 bits per heavy atom. The van der Waals surface area contributed by atoms with Gasteiger partial charge in [-0.1, -0.05) is 0 Å². The van der Waals surface area contributed by atoms with Gasteiger partial charge in [0.25, 0.3) is 0 Å². The van der Waals surface area contributed by atoms with E-state index < -0.39 is 0 Å². The van der Waals surface area contributed by atoms with Crippen molar-refractivity contribution >= 4 is 11.8 Å². The van der Waals surface area contributed by atoms with Gasteiger partial charge >= 0.3 is 0 Å². The van der Waals surface area contributed by atoms with Gasteiger partial charge in [-0.25, -0.2) is 0 Å². The lowest BCUT2D eigenvalue weighted by Crippen LogP contribution is -2.57. The van der Waals surface area contributed by atoms with Gasteiger partial charge in [0.15, 0.2) is 0 Å². The molecule has 5 nitrogen and oxygen atoms in total. The van der Waals surface area contributed by atoms with E-state index in [0.717, 1.165) is 82.1 Å². The van der Waals surface area contributed by atoms with E-state index in [1.807, 2.05) is 4.90 Å². The molecule has 1 aliphatic heterocycles. The van der Waals surface area contributed by atoms with Gasteiger partial charge in [0.1, 0.15) is 6.04 Å². The molecule has 3 N–H and O–H groups in total. The third-order valence-corrected chi connectivity index (χ3v) is 8.43. The summed E-state index contributed by atoms with van der Waals surface area (Å²) in [6.07, 6.45) is 13.0. The van der Waals surface area contributed by atoms with Crippen LogP contribution in [-0.2, 0) is 9.59 Å². The monoisotopic (exact) mass is 373 g/mol. The van der Waals surface area contributed by atoms with E-state index in [-0.39, 0.29) is 23.4 Å². The molecule has 1 unspecified atom stereocenters. The average molecular weight is 374 g/mol. The molecule has 0 aromatic carbocycles. The van der Waals surface area contributed by atoms with Crippen LogP contribution in [0.3, 0.4) is 0 Å². The summed E-state index contributed by atoms with van der Waals surface area (Å²) in [7, 11) is 0. The molecule has 5 saturated carbocycles. The van der Waals surface area contributed by atoms with Gasteiger partial charge in [-0.15, -0.1) is 0 Å². The number of hydrogen-bond acceptors (Lipinski definition) is 3. The van der Waals surface area contributed by atoms with Gasteiger partial charge in [-0.3, -0.25) is 9.59 Å². The first-order valence-corrected chi connectivity index (χ1v) is 11.4. The number of carbonyl (C=O) groups is 2. The van der Waals surface area contributed by atoms with Crippen LogP contribution in [0.25, 0.3) is 0 Å². The maximum absolute atomic E-state index is 13.7. The molecule has 150 valence electrons. The Balaban J connectivity index is 1.27. The van der Waals surface area contributed by atoms with Crippen LogP contribution in [0.15, 0.2) is 0 Å². The van der Waals surface area contributed by atoms with Crippen molar-refractivity contribution in [3.05, 3.63) is 0 Å². The summed E-state index contributed by atoms with van der Waals surface area (Å²) in [6, 6.07) is 0.300. The average Bonchev–Trinajstić information content (AvgIpc) is 3.11. The fourth-order valence-corrected chi connectivity index (χ4v) is 7.52. The largest absolute Gasteiger partial charge is 0.352 e. The molecule has 6 rings (SSSR count). The van der Waals surface area contributed by atoms with Crippen molar-refractivity contribution in [3.63, 3.8) is 0 Å². The van der Waals surface area contributed by atoms with E-state index in [2.05, 4.69) is 5.32 Å². The lowest BCUT2D eigenvalue weighted by atomic mass is 9.49. The summed E-state index contributed by atoms with van der Waals surface area (Å²) < 4.78 is 0. The molecule has 6 fully saturated rings. The molecule has 1 heterocycles. The van der Waals surface area contributed by atoms with Crippen molar-refractivity contribution in [2.45, 2.75) is 95.2 Å². The van der Waals surface area contributed by atoms with Gasteiger partial charge in [-0.05, 0) is 94.8 Å². The Bertz CT molecular complexity index is 575. The van der Waals surface area contributed by atoms with Crippen molar-refractivity contribution in [2.24, 2.45) is 28.9 Å². The predicted octanol–water partition coefficient (Wildman–Crippen LogP) is 2.58. The number of hydrogen-bond donors (Lipinski definition) is 2. The van der Waals surface area contributed by atoms with E-state index in [1.54, 1.807) is 0 Å². The Labute approximate surface area is 162 Å². The highest BCUT2D eigenvalue weighted by Crippen LogP contribution is 2.60. The molecular formula is C22H35N3O2. The Morgan fingerprint density at radius 1 is 0.889 bits per heavy atom. The molecule has 2 amide bonds. The Morgan fingerprint density at radius 3 is 2.07 bits per heavy atom. The first-order chi connectivity index (χ1) is 13.0. The predicted molar refractivity (Wildman–Crippen MR) is 104 cm³/mol. The summed E-state index contributed by atoms with van der Waals surface area (Å²) >= 11 is 0. The van der Waals surface area contributed by atoms with Crippen molar-refractivity contribution in [1.82, 2.24) is 10.2 Å². The first-order valence-electron chi connectivity index (χ1n) is 11.4. The highest BCUT2D eigenvalue weighted by Gasteiger charge is 2.56. The van der Waals surface area contributed by atoms with Gasteiger partial charge in [0, 0.05) is 18.6 Å². The fourth-order valence-electron chi connectivity index (χ4n) is 7.52. The van der Waals surface area contributed by atoms with Crippen molar-refractivity contribution < 1.29 is 9.59 Å². The molecule has 1 atom stereocenters. The van der Waals surface area contributed by atoms with Crippen LogP contribution in [0, 0.1) is 23.2 Å². The van der Waals surface area contributed by atoms with Crippen LogP contribution < -0.4 is 11.1 Å². The minimum atomic E-state index is -0.235. The van der Waals surface area contributed by atoms with Gasteiger partial charge < -0.3 is 16.0 Å². The summed E-state index contributed by atoms with van der Waals surface area (Å²) in [4.78, 5) is 28.7. The molecule has 27 heavy (non-hydrogen) atoms. The molecule has 0 radical (unpaired) electrons. The van der Waals surface area contributed by atoms with Crippen LogP contribution in [0.2, 0.25) is 0 Å². The Kier molecular flexibility index (Phi) is 4.49. The number of nitrogens with one attached hydrogen (secondary N) is 1. The Hall–Kier alpha value is -1.10. The fraction of sp³-hybridized carbons (Fsp3) is 0.909. The van der Waals surface area contributed by atoms with E-state index in [1.165, 1.54) is 19.3 Å². The molecule has 5 aliphatic carbocycles. The number of rotatable bonds is 3. The maximum Gasteiger partial charge on any atom is 0.243 e. The highest BCUT2D eigenvalue weighted by atomic mass is 16.2. The summed E-state index contributed by atoms with van der Waals surface area (Å²) in [5.74, 6) is 2.71. The zero-order valence-electron chi connectivity index (χ0n) is 16.5. The minimum Gasteiger partial charge on any atom is -0.352 e. The lowest BCUT2D eigenvalue weighted by Gasteiger charge is -2.56. The standard InChI is InChI=1S/C22H35N3O2/c23-17-3-5-18(6-4-17)24-20(26)19-2-1-7-25(19)21(27)22-11-14-8-15(12-22)10-16(9-14)13-22/h14-19H,1-13,23H2,(H,24,26). The smallest absolute Gasteiger partial charge is 0.243 e. The molecule has 4 bridgehead atoms. The lowest BCUT2D eigenvalue weighted by molar-refractivity contribution is -0.160. The molecular weight excluding hydrogens is 338 g/mol. The third kappa shape index (κ3) is 3.20. The first kappa shape index (κ1) is 18.0. The van der Waals surface area contributed by atoms with Crippen LogP contribution in [0.5, 0.6) is 0 Å². The molecule has 6 aliphatic rings. The summed E-state index contributed by atoms with van der Waals surface area (Å²) in [5, 5.41) is 3.25. The second-order valence-corrected chi connectivity index (χ2v) is 10.5. The van der Waals surface area contributed by atoms with E-state index in [9.17, 15) is 9.59 Å². The van der Waals surface area contributed by atoms with E-state index in [4.69, 9.17) is 5.73 Å². The van der Waals surface area contributed by atoms with Gasteiger partial charge in [0.05, 0.1) is 5.41 Å². The normalized spacial score (nSPS) is 45.9. The quantitative estimate of drug-likeness (QED) is 0.798.